The second-order valence-electron chi connectivity index (χ2n) is 4.61. The van der Waals surface area contributed by atoms with E-state index in [-0.39, 0.29) is 28.5 Å². The molecule has 0 aliphatic carbocycles. The fourth-order valence-corrected chi connectivity index (χ4v) is 4.00. The van der Waals surface area contributed by atoms with Crippen LogP contribution in [0.25, 0.3) is 0 Å². The summed E-state index contributed by atoms with van der Waals surface area (Å²) in [5, 5.41) is 0.364. The Bertz CT molecular complexity index is 544. The lowest BCUT2D eigenvalue weighted by Crippen LogP contribution is -2.22. The number of sulfone groups is 1. The molecule has 0 spiro atoms. The van der Waals surface area contributed by atoms with Gasteiger partial charge in [0.1, 0.15) is 0 Å². The van der Waals surface area contributed by atoms with E-state index in [4.69, 9.17) is 22.1 Å². The molecule has 2 atom stereocenters. The molecule has 0 saturated carbocycles. The van der Waals surface area contributed by atoms with Gasteiger partial charge in [-0.25, -0.2) is 8.42 Å². The lowest BCUT2D eigenvalue weighted by atomic mass is 10.2. The Morgan fingerprint density at radius 1 is 1.44 bits per heavy atom. The van der Waals surface area contributed by atoms with Gasteiger partial charge in [0.05, 0.1) is 28.5 Å². The number of halogens is 1. The van der Waals surface area contributed by atoms with E-state index in [1.165, 1.54) is 12.1 Å². The van der Waals surface area contributed by atoms with E-state index in [2.05, 4.69) is 0 Å². The van der Waals surface area contributed by atoms with Gasteiger partial charge in [-0.2, -0.15) is 0 Å². The highest BCUT2D eigenvalue weighted by Crippen LogP contribution is 2.27. The molecule has 0 radical (unpaired) electrons. The number of hydrogen-bond donors (Lipinski definition) is 1. The molecule has 1 aromatic rings. The van der Waals surface area contributed by atoms with Crippen molar-refractivity contribution in [2.45, 2.75) is 36.9 Å². The van der Waals surface area contributed by atoms with E-state index in [0.29, 0.717) is 5.02 Å². The van der Waals surface area contributed by atoms with Gasteiger partial charge < -0.3 is 10.5 Å². The van der Waals surface area contributed by atoms with Crippen LogP contribution in [-0.4, -0.2) is 26.4 Å². The smallest absolute Gasteiger partial charge is 0.183 e. The Kier molecular flexibility index (Phi) is 3.84. The van der Waals surface area contributed by atoms with Crippen LogP contribution in [0.4, 0.5) is 5.69 Å². The first-order chi connectivity index (χ1) is 8.38. The molecule has 100 valence electrons. The van der Waals surface area contributed by atoms with Gasteiger partial charge in [-0.05, 0) is 38.0 Å². The maximum atomic E-state index is 12.2. The number of nitrogen functional groups attached to an aromatic ring is 1. The summed E-state index contributed by atoms with van der Waals surface area (Å²) in [7, 11) is -3.45. The Labute approximate surface area is 112 Å². The van der Waals surface area contributed by atoms with Crippen LogP contribution >= 0.6 is 11.6 Å². The van der Waals surface area contributed by atoms with Gasteiger partial charge in [0.2, 0.25) is 0 Å². The maximum Gasteiger partial charge on any atom is 0.183 e. The molecule has 0 aromatic heterocycles. The first kappa shape index (κ1) is 13.6. The Balaban J connectivity index is 2.23. The van der Waals surface area contributed by atoms with Crippen LogP contribution in [0.1, 0.15) is 19.8 Å². The van der Waals surface area contributed by atoms with Crippen molar-refractivity contribution in [2.75, 3.05) is 11.5 Å². The molecule has 2 unspecified atom stereocenters. The van der Waals surface area contributed by atoms with E-state index < -0.39 is 9.84 Å². The molecule has 2 rings (SSSR count). The predicted molar refractivity (Wildman–Crippen MR) is 71.5 cm³/mol. The second-order valence-corrected chi connectivity index (χ2v) is 7.05. The van der Waals surface area contributed by atoms with Crippen LogP contribution < -0.4 is 5.73 Å². The van der Waals surface area contributed by atoms with Gasteiger partial charge in [0, 0.05) is 5.02 Å². The number of nitrogens with two attached hydrogens (primary N) is 1. The molecule has 1 fully saturated rings. The SMILES string of the molecule is CC1CCC(CS(=O)(=O)c2cc(Cl)ccc2N)O1. The molecule has 1 saturated heterocycles. The average Bonchev–Trinajstić information content (AvgIpc) is 2.66. The van der Waals surface area contributed by atoms with E-state index in [1.807, 2.05) is 6.92 Å². The van der Waals surface area contributed by atoms with Gasteiger partial charge in [0.15, 0.2) is 9.84 Å². The summed E-state index contributed by atoms with van der Waals surface area (Å²) >= 11 is 5.81. The fourth-order valence-electron chi connectivity index (χ4n) is 2.12. The van der Waals surface area contributed by atoms with Crippen molar-refractivity contribution in [1.29, 1.82) is 0 Å². The van der Waals surface area contributed by atoms with Gasteiger partial charge in [-0.1, -0.05) is 11.6 Å². The molecule has 0 bridgehead atoms. The summed E-state index contributed by atoms with van der Waals surface area (Å²) < 4.78 is 30.0. The summed E-state index contributed by atoms with van der Waals surface area (Å²) in [6.45, 7) is 1.94. The summed E-state index contributed by atoms with van der Waals surface area (Å²) in [5.41, 5.74) is 5.93. The Hall–Kier alpha value is -0.780. The van der Waals surface area contributed by atoms with Crippen molar-refractivity contribution in [3.05, 3.63) is 23.2 Å². The van der Waals surface area contributed by atoms with E-state index >= 15 is 0 Å². The number of hydrogen-bond acceptors (Lipinski definition) is 4. The van der Waals surface area contributed by atoms with Crippen molar-refractivity contribution in [1.82, 2.24) is 0 Å². The minimum atomic E-state index is -3.45. The Morgan fingerprint density at radius 2 is 2.17 bits per heavy atom. The molecule has 0 amide bonds. The number of benzene rings is 1. The van der Waals surface area contributed by atoms with Crippen LogP contribution in [0, 0.1) is 0 Å². The highest BCUT2D eigenvalue weighted by Gasteiger charge is 2.29. The molecule has 2 N–H and O–H groups in total. The average molecular weight is 290 g/mol. The third-order valence-electron chi connectivity index (χ3n) is 3.04. The number of ether oxygens (including phenoxy) is 1. The quantitative estimate of drug-likeness (QED) is 0.867. The lowest BCUT2D eigenvalue weighted by molar-refractivity contribution is 0.0690. The van der Waals surface area contributed by atoms with Crippen LogP contribution in [-0.2, 0) is 14.6 Å². The zero-order valence-electron chi connectivity index (χ0n) is 10.1. The highest BCUT2D eigenvalue weighted by molar-refractivity contribution is 7.91. The standard InChI is InChI=1S/C12H16ClNO3S/c1-8-2-4-10(17-8)7-18(15,16)12-6-9(13)3-5-11(12)14/h3,5-6,8,10H,2,4,7,14H2,1H3. The largest absolute Gasteiger partial charge is 0.398 e. The predicted octanol–water partition coefficient (Wildman–Crippen LogP) is 2.26. The fraction of sp³-hybridized carbons (Fsp3) is 0.500. The minimum absolute atomic E-state index is 0.0398. The second kappa shape index (κ2) is 5.07. The first-order valence-electron chi connectivity index (χ1n) is 5.82. The number of rotatable bonds is 3. The van der Waals surface area contributed by atoms with Gasteiger partial charge in [0.25, 0.3) is 0 Å². The topological polar surface area (TPSA) is 69.4 Å². The monoisotopic (exact) mass is 289 g/mol. The van der Waals surface area contributed by atoms with Crippen LogP contribution in [0.5, 0.6) is 0 Å². The molecule has 1 aliphatic heterocycles. The van der Waals surface area contributed by atoms with Crippen molar-refractivity contribution in [3.8, 4) is 0 Å². The van der Waals surface area contributed by atoms with Crippen LogP contribution in [0.15, 0.2) is 23.1 Å². The van der Waals surface area contributed by atoms with Crippen molar-refractivity contribution in [3.63, 3.8) is 0 Å². The van der Waals surface area contributed by atoms with Crippen LogP contribution in [0.2, 0.25) is 5.02 Å². The van der Waals surface area contributed by atoms with E-state index in [1.54, 1.807) is 6.07 Å². The molecular weight excluding hydrogens is 274 g/mol. The van der Waals surface area contributed by atoms with Crippen LogP contribution in [0.3, 0.4) is 0 Å². The van der Waals surface area contributed by atoms with E-state index in [0.717, 1.165) is 12.8 Å². The molecule has 6 heteroatoms. The summed E-state index contributed by atoms with van der Waals surface area (Å²) in [6.07, 6.45) is 1.54. The molecule has 1 heterocycles. The van der Waals surface area contributed by atoms with Gasteiger partial charge in [-0.3, -0.25) is 0 Å². The maximum absolute atomic E-state index is 12.2. The molecular formula is C12H16ClNO3S. The zero-order chi connectivity index (χ0) is 13.3. The van der Waals surface area contributed by atoms with Crippen molar-refractivity contribution in [2.24, 2.45) is 0 Å². The summed E-state index contributed by atoms with van der Waals surface area (Å²) in [6, 6.07) is 4.47. The van der Waals surface area contributed by atoms with Gasteiger partial charge >= 0.3 is 0 Å². The molecule has 1 aliphatic rings. The molecule has 18 heavy (non-hydrogen) atoms. The Morgan fingerprint density at radius 3 is 2.78 bits per heavy atom. The third kappa shape index (κ3) is 2.96. The van der Waals surface area contributed by atoms with Gasteiger partial charge in [-0.15, -0.1) is 0 Å². The van der Waals surface area contributed by atoms with E-state index in [9.17, 15) is 8.42 Å². The molecule has 1 aromatic carbocycles. The lowest BCUT2D eigenvalue weighted by Gasteiger charge is -2.13. The van der Waals surface area contributed by atoms with Crippen molar-refractivity contribution < 1.29 is 13.2 Å². The third-order valence-corrected chi connectivity index (χ3v) is 5.11. The highest BCUT2D eigenvalue weighted by atomic mass is 35.5. The summed E-state index contributed by atoms with van der Waals surface area (Å²) in [4.78, 5) is 0.0955. The zero-order valence-corrected chi connectivity index (χ0v) is 11.7. The number of anilines is 1. The minimum Gasteiger partial charge on any atom is -0.398 e. The normalized spacial score (nSPS) is 24.3. The first-order valence-corrected chi connectivity index (χ1v) is 7.85. The summed E-state index contributed by atoms with van der Waals surface area (Å²) in [5.74, 6) is -0.0398. The van der Waals surface area contributed by atoms with Crippen molar-refractivity contribution >= 4 is 27.1 Å². The molecule has 4 nitrogen and oxygen atoms in total.